The number of hydrogen-bond acceptors (Lipinski definition) is 4. The number of benzene rings is 1. The molecule has 0 aliphatic heterocycles. The number of aromatic nitrogens is 1. The number of hydrogen-bond donors (Lipinski definition) is 1. The Kier molecular flexibility index (Phi) is 5.46. The molecule has 6 heteroatoms. The van der Waals surface area contributed by atoms with Gasteiger partial charge in [-0.25, -0.2) is 4.98 Å². The summed E-state index contributed by atoms with van der Waals surface area (Å²) in [6.07, 6.45) is 0. The molecule has 1 atom stereocenters. The third-order valence-corrected chi connectivity index (χ3v) is 5.02. The van der Waals surface area contributed by atoms with E-state index in [9.17, 15) is 4.79 Å². The van der Waals surface area contributed by atoms with Gasteiger partial charge < -0.3 is 5.32 Å². The minimum absolute atomic E-state index is 0.00433. The van der Waals surface area contributed by atoms with Crippen molar-refractivity contribution in [1.29, 1.82) is 0 Å². The van der Waals surface area contributed by atoms with E-state index in [0.29, 0.717) is 10.8 Å². The van der Waals surface area contributed by atoms with Gasteiger partial charge in [0.1, 0.15) is 0 Å². The maximum Gasteiger partial charge on any atom is 0.230 e. The predicted molar refractivity (Wildman–Crippen MR) is 85.6 cm³/mol. The summed E-state index contributed by atoms with van der Waals surface area (Å²) >= 11 is 8.97. The van der Waals surface area contributed by atoms with Gasteiger partial charge in [0.2, 0.25) is 5.91 Å². The number of rotatable bonds is 5. The van der Waals surface area contributed by atoms with E-state index in [1.54, 1.807) is 11.3 Å². The molecule has 0 spiro atoms. The minimum Gasteiger partial charge on any atom is -0.349 e. The Morgan fingerprint density at radius 3 is 3.00 bits per heavy atom. The molecule has 1 N–H and O–H groups in total. The van der Waals surface area contributed by atoms with E-state index < -0.39 is 0 Å². The van der Waals surface area contributed by atoms with E-state index in [-0.39, 0.29) is 11.9 Å². The Hall–Kier alpha value is -1.04. The van der Waals surface area contributed by atoms with Crippen molar-refractivity contribution in [2.45, 2.75) is 24.2 Å². The van der Waals surface area contributed by atoms with Gasteiger partial charge in [0.15, 0.2) is 4.34 Å². The summed E-state index contributed by atoms with van der Waals surface area (Å²) in [5.41, 5.74) is 1.99. The highest BCUT2D eigenvalue weighted by Gasteiger charge is 2.11. The molecule has 2 rings (SSSR count). The molecular weight excluding hydrogens is 312 g/mol. The Labute approximate surface area is 131 Å². The molecule has 0 saturated heterocycles. The normalized spacial score (nSPS) is 12.2. The molecule has 1 aromatic carbocycles. The fraction of sp³-hybridized carbons (Fsp3) is 0.286. The van der Waals surface area contributed by atoms with Crippen LogP contribution in [0.15, 0.2) is 34.0 Å². The highest BCUT2D eigenvalue weighted by molar-refractivity contribution is 8.01. The van der Waals surface area contributed by atoms with Gasteiger partial charge in [-0.2, -0.15) is 0 Å². The summed E-state index contributed by atoms with van der Waals surface area (Å²) in [7, 11) is 0. The van der Waals surface area contributed by atoms with Crippen LogP contribution < -0.4 is 5.32 Å². The second kappa shape index (κ2) is 7.11. The van der Waals surface area contributed by atoms with Gasteiger partial charge in [-0.3, -0.25) is 4.79 Å². The van der Waals surface area contributed by atoms with Gasteiger partial charge in [-0.15, -0.1) is 11.3 Å². The Bertz CT molecular complexity index is 600. The lowest BCUT2D eigenvalue weighted by Gasteiger charge is -2.14. The molecule has 20 heavy (non-hydrogen) atoms. The molecule has 3 nitrogen and oxygen atoms in total. The monoisotopic (exact) mass is 326 g/mol. The van der Waals surface area contributed by atoms with Gasteiger partial charge >= 0.3 is 0 Å². The molecule has 0 fully saturated rings. The van der Waals surface area contributed by atoms with Crippen molar-refractivity contribution in [2.75, 3.05) is 5.75 Å². The van der Waals surface area contributed by atoms with Crippen LogP contribution in [-0.2, 0) is 4.79 Å². The molecule has 0 bridgehead atoms. The van der Waals surface area contributed by atoms with Crippen molar-refractivity contribution >= 4 is 40.6 Å². The molecule has 2 aromatic rings. The summed E-state index contributed by atoms with van der Waals surface area (Å²) in [4.78, 5) is 16.2. The second-order valence-corrected chi connectivity index (χ2v) is 6.90. The summed E-state index contributed by atoms with van der Waals surface area (Å²) in [6, 6.07) is 7.46. The van der Waals surface area contributed by atoms with Crippen molar-refractivity contribution in [2.24, 2.45) is 0 Å². The van der Waals surface area contributed by atoms with Crippen molar-refractivity contribution in [1.82, 2.24) is 10.3 Å². The second-order valence-electron chi connectivity index (χ2n) is 4.39. The lowest BCUT2D eigenvalue weighted by atomic mass is 10.1. The van der Waals surface area contributed by atoms with Crippen molar-refractivity contribution in [3.8, 4) is 0 Å². The Balaban J connectivity index is 1.85. The number of nitrogens with zero attached hydrogens (tertiary/aromatic N) is 1. The maximum atomic E-state index is 11.9. The zero-order valence-corrected chi connectivity index (χ0v) is 13.6. The van der Waals surface area contributed by atoms with E-state index in [4.69, 9.17) is 11.6 Å². The third-order valence-electron chi connectivity index (χ3n) is 2.65. The summed E-state index contributed by atoms with van der Waals surface area (Å²) in [5.74, 6) is 0.369. The molecule has 0 radical (unpaired) electrons. The summed E-state index contributed by atoms with van der Waals surface area (Å²) < 4.78 is 0.924. The zero-order chi connectivity index (χ0) is 14.5. The standard InChI is InChI=1S/C14H15ClN2OS2/c1-9-7-19-14(16-9)20-8-13(18)17-10(2)11-4-3-5-12(15)6-11/h3-7,10H,8H2,1-2H3,(H,17,18)/t10-/m0/s1. The highest BCUT2D eigenvalue weighted by Crippen LogP contribution is 2.22. The summed E-state index contributed by atoms with van der Waals surface area (Å²) in [6.45, 7) is 3.89. The summed E-state index contributed by atoms with van der Waals surface area (Å²) in [5, 5.41) is 5.62. The number of thioether (sulfide) groups is 1. The highest BCUT2D eigenvalue weighted by atomic mass is 35.5. The largest absolute Gasteiger partial charge is 0.349 e. The number of thiazole rings is 1. The number of carbonyl (C=O) groups is 1. The fourth-order valence-corrected chi connectivity index (χ4v) is 3.53. The van der Waals surface area contributed by atoms with Crippen LogP contribution in [-0.4, -0.2) is 16.6 Å². The van der Waals surface area contributed by atoms with E-state index in [2.05, 4.69) is 10.3 Å². The molecule has 1 aromatic heterocycles. The average molecular weight is 327 g/mol. The quantitative estimate of drug-likeness (QED) is 0.842. The topological polar surface area (TPSA) is 42.0 Å². The van der Waals surface area contributed by atoms with Gasteiger partial charge in [-0.05, 0) is 31.5 Å². The van der Waals surface area contributed by atoms with E-state index in [0.717, 1.165) is 15.6 Å². The number of aryl methyl sites for hydroxylation is 1. The third kappa shape index (κ3) is 4.51. The zero-order valence-electron chi connectivity index (χ0n) is 11.2. The van der Waals surface area contributed by atoms with Gasteiger partial charge in [-0.1, -0.05) is 35.5 Å². The Morgan fingerprint density at radius 1 is 1.55 bits per heavy atom. The lowest BCUT2D eigenvalue weighted by Crippen LogP contribution is -2.28. The molecule has 106 valence electrons. The number of amides is 1. The van der Waals surface area contributed by atoms with Crippen LogP contribution in [0, 0.1) is 6.92 Å². The average Bonchev–Trinajstić information content (AvgIpc) is 2.82. The number of carbonyl (C=O) groups excluding carboxylic acids is 1. The first kappa shape index (κ1) is 15.4. The lowest BCUT2D eigenvalue weighted by molar-refractivity contribution is -0.119. The van der Waals surface area contributed by atoms with Crippen LogP contribution in [0.5, 0.6) is 0 Å². The first-order chi connectivity index (χ1) is 9.54. The first-order valence-electron chi connectivity index (χ1n) is 6.14. The molecule has 0 aliphatic rings. The smallest absolute Gasteiger partial charge is 0.230 e. The van der Waals surface area contributed by atoms with E-state index >= 15 is 0 Å². The van der Waals surface area contributed by atoms with Crippen LogP contribution in [0.3, 0.4) is 0 Å². The van der Waals surface area contributed by atoms with Crippen LogP contribution >= 0.6 is 34.7 Å². The maximum absolute atomic E-state index is 11.9. The van der Waals surface area contributed by atoms with Crippen LogP contribution in [0.25, 0.3) is 0 Å². The molecule has 0 saturated carbocycles. The Morgan fingerprint density at radius 2 is 2.35 bits per heavy atom. The fourth-order valence-electron chi connectivity index (χ4n) is 1.67. The first-order valence-corrected chi connectivity index (χ1v) is 8.38. The van der Waals surface area contributed by atoms with Crippen LogP contribution in [0.1, 0.15) is 24.2 Å². The minimum atomic E-state index is -0.0557. The van der Waals surface area contributed by atoms with Crippen LogP contribution in [0.4, 0.5) is 0 Å². The molecule has 1 heterocycles. The molecule has 1 amide bonds. The molecular formula is C14H15ClN2OS2. The van der Waals surface area contributed by atoms with Gasteiger partial charge in [0.05, 0.1) is 11.8 Å². The molecule has 0 unspecified atom stereocenters. The van der Waals surface area contributed by atoms with Crippen molar-refractivity contribution in [3.63, 3.8) is 0 Å². The van der Waals surface area contributed by atoms with Crippen molar-refractivity contribution in [3.05, 3.63) is 45.9 Å². The van der Waals surface area contributed by atoms with E-state index in [1.165, 1.54) is 11.8 Å². The van der Waals surface area contributed by atoms with Crippen LogP contribution in [0.2, 0.25) is 5.02 Å². The van der Waals surface area contributed by atoms with Crippen molar-refractivity contribution < 1.29 is 4.79 Å². The SMILES string of the molecule is Cc1csc(SCC(=O)N[C@@H](C)c2cccc(Cl)c2)n1. The molecule has 0 aliphatic carbocycles. The van der Waals surface area contributed by atoms with Gasteiger partial charge in [0, 0.05) is 16.1 Å². The van der Waals surface area contributed by atoms with Gasteiger partial charge in [0.25, 0.3) is 0 Å². The predicted octanol–water partition coefficient (Wildman–Crippen LogP) is 4.07. The number of nitrogens with one attached hydrogen (secondary N) is 1. The van der Waals surface area contributed by atoms with E-state index in [1.807, 2.05) is 43.5 Å². The number of halogens is 1.